The monoisotopic (exact) mass is 306 g/mol. The van der Waals surface area contributed by atoms with Gasteiger partial charge in [-0.25, -0.2) is 0 Å². The van der Waals surface area contributed by atoms with Crippen molar-refractivity contribution in [3.05, 3.63) is 24.5 Å². The van der Waals surface area contributed by atoms with Crippen LogP contribution in [0.5, 0.6) is 0 Å². The number of rotatable bonds is 7. The van der Waals surface area contributed by atoms with Gasteiger partial charge in [-0.1, -0.05) is 19.0 Å². The largest absolute Gasteiger partial charge is 0.472 e. The first-order valence-corrected chi connectivity index (χ1v) is 7.20. The number of aryl methyl sites for hydroxylation is 1. The molecule has 2 N–H and O–H groups in total. The molecular weight excluding hydrogens is 284 g/mol. The van der Waals surface area contributed by atoms with Gasteiger partial charge < -0.3 is 19.6 Å². The van der Waals surface area contributed by atoms with Gasteiger partial charge in [0.25, 0.3) is 0 Å². The van der Waals surface area contributed by atoms with E-state index in [0.717, 1.165) is 5.56 Å². The quantitative estimate of drug-likeness (QED) is 0.836. The van der Waals surface area contributed by atoms with E-state index in [9.17, 15) is 4.79 Å². The molecule has 0 radical (unpaired) electrons. The first-order chi connectivity index (χ1) is 10.4. The number of nitrogens with zero attached hydrogens (tertiary/aromatic N) is 3. The minimum absolute atomic E-state index is 0.0320. The number of aromatic nitrogens is 2. The first kappa shape index (κ1) is 16.2. The van der Waals surface area contributed by atoms with Gasteiger partial charge in [0.1, 0.15) is 6.26 Å². The Hall–Kier alpha value is -2.15. The van der Waals surface area contributed by atoms with Crippen molar-refractivity contribution in [1.82, 2.24) is 15.0 Å². The Bertz CT molecular complexity index is 604. The third-order valence-electron chi connectivity index (χ3n) is 3.44. The molecule has 1 amide bonds. The van der Waals surface area contributed by atoms with E-state index in [1.54, 1.807) is 30.5 Å². The Kier molecular flexibility index (Phi) is 4.97. The zero-order chi connectivity index (χ0) is 16.2. The minimum atomic E-state index is -0.0939. The van der Waals surface area contributed by atoms with Crippen LogP contribution in [0.15, 0.2) is 27.5 Å². The first-order valence-electron chi connectivity index (χ1n) is 7.20. The maximum Gasteiger partial charge on any atom is 0.227 e. The van der Waals surface area contributed by atoms with E-state index in [-0.39, 0.29) is 11.3 Å². The lowest BCUT2D eigenvalue weighted by Crippen LogP contribution is -2.39. The fourth-order valence-corrected chi connectivity index (χ4v) is 2.06. The van der Waals surface area contributed by atoms with E-state index >= 15 is 0 Å². The predicted molar refractivity (Wildman–Crippen MR) is 80.8 cm³/mol. The van der Waals surface area contributed by atoms with Crippen molar-refractivity contribution in [3.8, 4) is 11.4 Å². The third kappa shape index (κ3) is 4.17. The van der Waals surface area contributed by atoms with E-state index in [1.165, 1.54) is 0 Å². The van der Waals surface area contributed by atoms with Gasteiger partial charge in [0.2, 0.25) is 17.6 Å². The molecule has 0 bridgehead atoms. The van der Waals surface area contributed by atoms with E-state index < -0.39 is 0 Å². The molecule has 0 aliphatic rings. The molecule has 0 atom stereocenters. The van der Waals surface area contributed by atoms with Crippen LogP contribution in [0.1, 0.15) is 26.2 Å². The molecule has 0 aliphatic heterocycles. The van der Waals surface area contributed by atoms with Gasteiger partial charge in [-0.3, -0.25) is 4.79 Å². The summed E-state index contributed by atoms with van der Waals surface area (Å²) in [6.07, 6.45) is 3.83. The van der Waals surface area contributed by atoms with Crippen molar-refractivity contribution in [3.63, 3.8) is 0 Å². The molecule has 2 aromatic rings. The van der Waals surface area contributed by atoms with E-state index in [1.807, 2.05) is 13.8 Å². The Morgan fingerprint density at radius 2 is 2.23 bits per heavy atom. The number of amides is 1. The second-order valence-corrected chi connectivity index (χ2v) is 6.14. The number of hydrogen-bond donors (Lipinski definition) is 1. The normalized spacial score (nSPS) is 11.6. The fourth-order valence-electron chi connectivity index (χ4n) is 2.06. The van der Waals surface area contributed by atoms with Crippen molar-refractivity contribution < 1.29 is 13.7 Å². The van der Waals surface area contributed by atoms with Crippen molar-refractivity contribution in [2.75, 3.05) is 20.1 Å². The Morgan fingerprint density at radius 3 is 2.86 bits per heavy atom. The molecule has 2 heterocycles. The summed E-state index contributed by atoms with van der Waals surface area (Å²) in [5.41, 5.74) is 6.35. The number of carbonyl (C=O) groups is 1. The van der Waals surface area contributed by atoms with Crippen LogP contribution in [0, 0.1) is 5.41 Å². The Labute approximate surface area is 129 Å². The molecule has 2 aromatic heterocycles. The van der Waals surface area contributed by atoms with Crippen LogP contribution in [0.4, 0.5) is 0 Å². The fraction of sp³-hybridized carbons (Fsp3) is 0.533. The molecule has 0 saturated carbocycles. The van der Waals surface area contributed by atoms with Crippen LogP contribution >= 0.6 is 0 Å². The number of hydrogen-bond acceptors (Lipinski definition) is 6. The highest BCUT2D eigenvalue weighted by molar-refractivity contribution is 5.76. The van der Waals surface area contributed by atoms with Crippen molar-refractivity contribution >= 4 is 5.91 Å². The van der Waals surface area contributed by atoms with Crippen LogP contribution < -0.4 is 5.73 Å². The lowest BCUT2D eigenvalue weighted by atomic mass is 9.93. The van der Waals surface area contributed by atoms with Gasteiger partial charge in [-0.2, -0.15) is 4.98 Å². The van der Waals surface area contributed by atoms with Crippen molar-refractivity contribution in [2.24, 2.45) is 11.1 Å². The average Bonchev–Trinajstić information content (AvgIpc) is 3.14. The Balaban J connectivity index is 1.86. The summed E-state index contributed by atoms with van der Waals surface area (Å²) < 4.78 is 10.1. The molecule has 7 nitrogen and oxygen atoms in total. The number of furan rings is 1. The summed E-state index contributed by atoms with van der Waals surface area (Å²) in [6.45, 7) is 5.22. The van der Waals surface area contributed by atoms with E-state index in [2.05, 4.69) is 10.1 Å². The zero-order valence-electron chi connectivity index (χ0n) is 13.2. The van der Waals surface area contributed by atoms with Gasteiger partial charge in [0.05, 0.1) is 11.8 Å². The molecule has 0 aliphatic carbocycles. The summed E-state index contributed by atoms with van der Waals surface area (Å²) in [6, 6.07) is 1.75. The SMILES string of the molecule is CN(CC(C)(C)CN)C(=O)CCc1nc(-c2ccoc2)no1. The minimum Gasteiger partial charge on any atom is -0.472 e. The highest BCUT2D eigenvalue weighted by atomic mass is 16.5. The summed E-state index contributed by atoms with van der Waals surface area (Å²) in [4.78, 5) is 18.1. The highest BCUT2D eigenvalue weighted by Gasteiger charge is 2.21. The molecule has 0 saturated heterocycles. The topological polar surface area (TPSA) is 98.4 Å². The van der Waals surface area contributed by atoms with Gasteiger partial charge in [0, 0.05) is 26.4 Å². The molecule has 0 spiro atoms. The third-order valence-corrected chi connectivity index (χ3v) is 3.44. The van der Waals surface area contributed by atoms with Gasteiger partial charge in [-0.05, 0) is 18.0 Å². The second-order valence-electron chi connectivity index (χ2n) is 6.14. The van der Waals surface area contributed by atoms with Gasteiger partial charge >= 0.3 is 0 Å². The van der Waals surface area contributed by atoms with Crippen LogP contribution in [0.25, 0.3) is 11.4 Å². The molecule has 22 heavy (non-hydrogen) atoms. The summed E-state index contributed by atoms with van der Waals surface area (Å²) in [5.74, 6) is 0.939. The van der Waals surface area contributed by atoms with Crippen LogP contribution in [0.3, 0.4) is 0 Å². The number of nitrogens with two attached hydrogens (primary N) is 1. The predicted octanol–water partition coefficient (Wildman–Crippen LogP) is 1.71. The molecular formula is C15H22N4O3. The average molecular weight is 306 g/mol. The maximum absolute atomic E-state index is 12.1. The van der Waals surface area contributed by atoms with Gasteiger partial charge in [-0.15, -0.1) is 0 Å². The summed E-state index contributed by atoms with van der Waals surface area (Å²) in [7, 11) is 1.78. The standard InChI is InChI=1S/C15H22N4O3/c1-15(2,9-16)10-19(3)13(20)5-4-12-17-14(18-22-12)11-6-7-21-8-11/h6-8H,4-5,9-10,16H2,1-3H3. The molecule has 0 unspecified atom stereocenters. The van der Waals surface area contributed by atoms with Crippen LogP contribution in [0.2, 0.25) is 0 Å². The smallest absolute Gasteiger partial charge is 0.227 e. The molecule has 0 aromatic carbocycles. The van der Waals surface area contributed by atoms with E-state index in [0.29, 0.717) is 37.6 Å². The molecule has 7 heteroatoms. The van der Waals surface area contributed by atoms with Crippen molar-refractivity contribution in [1.29, 1.82) is 0 Å². The molecule has 120 valence electrons. The molecule has 0 fully saturated rings. The lowest BCUT2D eigenvalue weighted by molar-refractivity contribution is -0.131. The zero-order valence-corrected chi connectivity index (χ0v) is 13.2. The lowest BCUT2D eigenvalue weighted by Gasteiger charge is -2.29. The highest BCUT2D eigenvalue weighted by Crippen LogP contribution is 2.17. The Morgan fingerprint density at radius 1 is 1.45 bits per heavy atom. The summed E-state index contributed by atoms with van der Waals surface area (Å²) >= 11 is 0. The second kappa shape index (κ2) is 6.74. The maximum atomic E-state index is 12.1. The van der Waals surface area contributed by atoms with Crippen LogP contribution in [-0.4, -0.2) is 41.1 Å². The molecule has 2 rings (SSSR count). The van der Waals surface area contributed by atoms with Gasteiger partial charge in [0.15, 0.2) is 0 Å². The number of carbonyl (C=O) groups excluding carboxylic acids is 1. The van der Waals surface area contributed by atoms with Crippen molar-refractivity contribution in [2.45, 2.75) is 26.7 Å². The van der Waals surface area contributed by atoms with Crippen LogP contribution in [-0.2, 0) is 11.2 Å². The van der Waals surface area contributed by atoms with E-state index in [4.69, 9.17) is 14.7 Å². The summed E-state index contributed by atoms with van der Waals surface area (Å²) in [5, 5.41) is 3.87.